The summed E-state index contributed by atoms with van der Waals surface area (Å²) in [6, 6.07) is 22.4. The summed E-state index contributed by atoms with van der Waals surface area (Å²) in [5.41, 5.74) is 4.51. The van der Waals surface area contributed by atoms with E-state index in [0.29, 0.717) is 24.3 Å². The van der Waals surface area contributed by atoms with Crippen molar-refractivity contribution in [1.82, 2.24) is 4.72 Å². The predicted molar refractivity (Wildman–Crippen MR) is 154 cm³/mol. The lowest BCUT2D eigenvalue weighted by atomic mass is 9.97. The van der Waals surface area contributed by atoms with Crippen molar-refractivity contribution >= 4 is 27.6 Å². The molecule has 1 unspecified atom stereocenters. The van der Waals surface area contributed by atoms with Crippen LogP contribution >= 0.6 is 11.6 Å². The first-order chi connectivity index (χ1) is 18.3. The number of carbonyl (C=O) groups excluding carboxylic acids is 1. The van der Waals surface area contributed by atoms with Gasteiger partial charge >= 0.3 is 5.97 Å². The first kappa shape index (κ1) is 29.9. The predicted octanol–water partition coefficient (Wildman–Crippen LogP) is 7.22. The third kappa shape index (κ3) is 9.57. The molecule has 38 heavy (non-hydrogen) atoms. The molecule has 0 amide bonds. The van der Waals surface area contributed by atoms with Crippen LogP contribution in [-0.4, -0.2) is 21.5 Å². The van der Waals surface area contributed by atoms with E-state index in [0.717, 1.165) is 30.4 Å². The van der Waals surface area contributed by atoms with Crippen molar-refractivity contribution in [3.63, 3.8) is 0 Å². The molecule has 0 fully saturated rings. The van der Waals surface area contributed by atoms with Crippen molar-refractivity contribution < 1.29 is 17.9 Å². The Bertz CT molecular complexity index is 1240. The second-order valence-corrected chi connectivity index (χ2v) is 11.8. The van der Waals surface area contributed by atoms with E-state index in [1.54, 1.807) is 12.1 Å². The van der Waals surface area contributed by atoms with Gasteiger partial charge in [0.05, 0.1) is 12.0 Å². The summed E-state index contributed by atoms with van der Waals surface area (Å²) < 4.78 is 34.0. The van der Waals surface area contributed by atoms with Crippen LogP contribution in [0.3, 0.4) is 0 Å². The Kier molecular flexibility index (Phi) is 11.8. The molecule has 0 heterocycles. The number of methoxy groups -OCH3 is 1. The molecule has 0 aliphatic rings. The summed E-state index contributed by atoms with van der Waals surface area (Å²) >= 11 is 5.96. The third-order valence-corrected chi connectivity index (χ3v) is 8.43. The van der Waals surface area contributed by atoms with E-state index in [9.17, 15) is 13.2 Å². The molecule has 0 spiro atoms. The molecule has 0 radical (unpaired) electrons. The average molecular weight is 556 g/mol. The summed E-state index contributed by atoms with van der Waals surface area (Å²) in [6.45, 7) is 2.21. The van der Waals surface area contributed by atoms with Gasteiger partial charge in [-0.15, -0.1) is 0 Å². The molecule has 7 heteroatoms. The number of ether oxygens (including phenoxy) is 1. The molecule has 0 aliphatic heterocycles. The molecule has 0 aromatic heterocycles. The van der Waals surface area contributed by atoms with Gasteiger partial charge in [-0.1, -0.05) is 79.9 Å². The number of hydrogen-bond donors (Lipinski definition) is 1. The zero-order valence-corrected chi connectivity index (χ0v) is 23.9. The molecule has 204 valence electrons. The number of sulfonamides is 1. The molecule has 0 aliphatic carbocycles. The van der Waals surface area contributed by atoms with Gasteiger partial charge in [0.25, 0.3) is 0 Å². The fraction of sp³-hybridized carbons (Fsp3) is 0.387. The van der Waals surface area contributed by atoms with Gasteiger partial charge < -0.3 is 4.74 Å². The van der Waals surface area contributed by atoms with Crippen LogP contribution in [0.15, 0.2) is 77.7 Å². The molecule has 3 aromatic rings. The van der Waals surface area contributed by atoms with E-state index in [1.165, 1.54) is 49.6 Å². The summed E-state index contributed by atoms with van der Waals surface area (Å²) in [5, 5.41) is 0.487. The second kappa shape index (κ2) is 15.1. The highest BCUT2D eigenvalue weighted by atomic mass is 35.5. The number of halogens is 1. The van der Waals surface area contributed by atoms with E-state index in [-0.39, 0.29) is 10.9 Å². The van der Waals surface area contributed by atoms with Crippen LogP contribution in [0.25, 0.3) is 0 Å². The maximum absolute atomic E-state index is 13.2. The lowest BCUT2D eigenvalue weighted by Crippen LogP contribution is -2.29. The van der Waals surface area contributed by atoms with Crippen LogP contribution < -0.4 is 4.72 Å². The van der Waals surface area contributed by atoms with E-state index < -0.39 is 16.1 Å². The van der Waals surface area contributed by atoms with Gasteiger partial charge in [-0.25, -0.2) is 13.1 Å². The van der Waals surface area contributed by atoms with Crippen molar-refractivity contribution in [3.05, 3.63) is 100 Å². The highest BCUT2D eigenvalue weighted by Crippen LogP contribution is 2.24. The zero-order valence-electron chi connectivity index (χ0n) is 22.3. The Hall–Kier alpha value is -2.67. The third-order valence-electron chi connectivity index (χ3n) is 6.69. The van der Waals surface area contributed by atoms with Crippen LogP contribution in [0.4, 0.5) is 0 Å². The number of carbonyl (C=O) groups is 1. The topological polar surface area (TPSA) is 72.5 Å². The molecular weight excluding hydrogens is 518 g/mol. The lowest BCUT2D eigenvalue weighted by Gasteiger charge is -2.20. The van der Waals surface area contributed by atoms with E-state index in [4.69, 9.17) is 16.3 Å². The number of unbranched alkanes of at least 4 members (excludes halogenated alkanes) is 2. The molecule has 3 aromatic carbocycles. The molecule has 0 saturated carbocycles. The van der Waals surface area contributed by atoms with Gasteiger partial charge in [0.15, 0.2) is 0 Å². The largest absolute Gasteiger partial charge is 0.469 e. The Morgan fingerprint density at radius 2 is 1.37 bits per heavy atom. The van der Waals surface area contributed by atoms with E-state index >= 15 is 0 Å². The van der Waals surface area contributed by atoms with Gasteiger partial charge in [-0.2, -0.15) is 0 Å². The first-order valence-electron chi connectivity index (χ1n) is 13.3. The normalized spacial score (nSPS) is 12.3. The number of rotatable bonds is 15. The zero-order chi connectivity index (χ0) is 27.4. The van der Waals surface area contributed by atoms with Crippen LogP contribution in [0, 0.1) is 0 Å². The first-order valence-corrected chi connectivity index (χ1v) is 15.2. The average Bonchev–Trinajstić information content (AvgIpc) is 2.92. The fourth-order valence-electron chi connectivity index (χ4n) is 4.38. The monoisotopic (exact) mass is 555 g/mol. The molecular formula is C31H38ClNO4S. The van der Waals surface area contributed by atoms with Crippen LogP contribution in [-0.2, 0) is 38.8 Å². The highest BCUT2D eigenvalue weighted by molar-refractivity contribution is 7.89. The van der Waals surface area contributed by atoms with Gasteiger partial charge in [0, 0.05) is 17.5 Å². The summed E-state index contributed by atoms with van der Waals surface area (Å²) in [6.07, 6.45) is 7.91. The van der Waals surface area contributed by atoms with Crippen molar-refractivity contribution in [2.75, 3.05) is 7.11 Å². The Morgan fingerprint density at radius 1 is 0.816 bits per heavy atom. The van der Waals surface area contributed by atoms with Crippen molar-refractivity contribution in [2.24, 2.45) is 0 Å². The van der Waals surface area contributed by atoms with Crippen molar-refractivity contribution in [3.8, 4) is 0 Å². The summed E-state index contributed by atoms with van der Waals surface area (Å²) in [7, 11) is -2.35. The number of esters is 1. The minimum absolute atomic E-state index is 0.183. The Balaban J connectivity index is 1.73. The van der Waals surface area contributed by atoms with E-state index in [2.05, 4.69) is 35.9 Å². The standard InChI is InChI=1S/C31H38ClNO4S/c1-3-4-5-7-24-10-12-26(13-11-24)16-23-30(33-38(35,36)29-21-19-28(32)20-22-29)27-17-14-25(15-18-27)8-6-9-31(34)37-2/h10-15,17-22,30,33H,3-9,16,23H2,1-2H3. The molecule has 0 saturated heterocycles. The maximum atomic E-state index is 13.2. The Morgan fingerprint density at radius 3 is 1.95 bits per heavy atom. The minimum Gasteiger partial charge on any atom is -0.469 e. The van der Waals surface area contributed by atoms with Crippen LogP contribution in [0.5, 0.6) is 0 Å². The lowest BCUT2D eigenvalue weighted by molar-refractivity contribution is -0.140. The Labute approximate surface area is 232 Å². The quantitative estimate of drug-likeness (QED) is 0.159. The molecule has 5 nitrogen and oxygen atoms in total. The molecule has 3 rings (SSSR count). The number of hydrogen-bond acceptors (Lipinski definition) is 4. The van der Waals surface area contributed by atoms with Gasteiger partial charge in [-0.05, 0) is 85.0 Å². The van der Waals surface area contributed by atoms with Crippen molar-refractivity contribution in [2.45, 2.75) is 75.6 Å². The van der Waals surface area contributed by atoms with Gasteiger partial charge in [0.1, 0.15) is 0 Å². The minimum atomic E-state index is -3.75. The van der Waals surface area contributed by atoms with Crippen LogP contribution in [0.1, 0.15) is 73.7 Å². The highest BCUT2D eigenvalue weighted by Gasteiger charge is 2.21. The smallest absolute Gasteiger partial charge is 0.305 e. The van der Waals surface area contributed by atoms with Crippen LogP contribution in [0.2, 0.25) is 5.02 Å². The SMILES string of the molecule is CCCCCc1ccc(CCC(NS(=O)(=O)c2ccc(Cl)cc2)c2ccc(CCCC(=O)OC)cc2)cc1. The van der Waals surface area contributed by atoms with Gasteiger partial charge in [0.2, 0.25) is 10.0 Å². The maximum Gasteiger partial charge on any atom is 0.305 e. The number of aryl methyl sites for hydroxylation is 3. The van der Waals surface area contributed by atoms with E-state index in [1.807, 2.05) is 24.3 Å². The van der Waals surface area contributed by atoms with Crippen molar-refractivity contribution in [1.29, 1.82) is 0 Å². The number of benzene rings is 3. The molecule has 1 N–H and O–H groups in total. The molecule has 1 atom stereocenters. The molecule has 0 bridgehead atoms. The summed E-state index contributed by atoms with van der Waals surface area (Å²) in [4.78, 5) is 11.6. The van der Waals surface area contributed by atoms with Gasteiger partial charge in [-0.3, -0.25) is 4.79 Å². The fourth-order valence-corrected chi connectivity index (χ4v) is 5.77. The second-order valence-electron chi connectivity index (χ2n) is 9.61. The summed E-state index contributed by atoms with van der Waals surface area (Å²) in [5.74, 6) is -0.215. The number of nitrogens with one attached hydrogen (secondary N) is 1.